The van der Waals surface area contributed by atoms with Gasteiger partial charge in [-0.25, -0.2) is 9.78 Å². The summed E-state index contributed by atoms with van der Waals surface area (Å²) in [4.78, 5) is 28.4. The first-order chi connectivity index (χ1) is 13.0. The molecule has 0 saturated carbocycles. The summed E-state index contributed by atoms with van der Waals surface area (Å²) in [6.07, 6.45) is 0. The summed E-state index contributed by atoms with van der Waals surface area (Å²) in [6.45, 7) is 1.46. The molecule has 5 nitrogen and oxygen atoms in total. The van der Waals surface area contributed by atoms with Crippen molar-refractivity contribution in [3.05, 3.63) is 76.3 Å². The van der Waals surface area contributed by atoms with Gasteiger partial charge in [-0.3, -0.25) is 4.79 Å². The van der Waals surface area contributed by atoms with Gasteiger partial charge in [-0.2, -0.15) is 0 Å². The minimum Gasteiger partial charge on any atom is -0.451 e. The van der Waals surface area contributed by atoms with Gasteiger partial charge in [-0.1, -0.05) is 54.1 Å². The average Bonchev–Trinajstić information content (AvgIpc) is 3.17. The molecule has 0 aliphatic rings. The lowest BCUT2D eigenvalue weighted by atomic mass is 10.1. The van der Waals surface area contributed by atoms with E-state index in [2.05, 4.69) is 10.3 Å². The number of halogens is 1. The monoisotopic (exact) mass is 400 g/mol. The number of carbonyl (C=O) groups is 2. The van der Waals surface area contributed by atoms with Gasteiger partial charge in [0, 0.05) is 16.0 Å². The maximum atomic E-state index is 12.1. The fourth-order valence-electron chi connectivity index (χ4n) is 2.43. The summed E-state index contributed by atoms with van der Waals surface area (Å²) in [5, 5.41) is 5.71. The molecule has 3 aromatic rings. The summed E-state index contributed by atoms with van der Waals surface area (Å²) in [7, 11) is 0. The zero-order valence-corrected chi connectivity index (χ0v) is 16.1. The number of hydrogen-bond acceptors (Lipinski definition) is 5. The fraction of sp³-hybridized carbons (Fsp3) is 0.150. The molecule has 1 N–H and O–H groups in total. The van der Waals surface area contributed by atoms with Gasteiger partial charge >= 0.3 is 5.97 Å². The first-order valence-electron chi connectivity index (χ1n) is 8.26. The van der Waals surface area contributed by atoms with Gasteiger partial charge in [0.1, 0.15) is 5.01 Å². The lowest BCUT2D eigenvalue weighted by Gasteiger charge is -2.14. The maximum absolute atomic E-state index is 12.1. The highest BCUT2D eigenvalue weighted by atomic mass is 35.5. The predicted octanol–water partition coefficient (Wildman–Crippen LogP) is 4.50. The second-order valence-corrected chi connectivity index (χ2v) is 7.12. The Hall–Kier alpha value is -2.70. The molecule has 1 aromatic heterocycles. The number of aromatic nitrogens is 1. The summed E-state index contributed by atoms with van der Waals surface area (Å²) in [5.41, 5.74) is 1.98. The average molecular weight is 401 g/mol. The molecule has 138 valence electrons. The predicted molar refractivity (Wildman–Crippen MR) is 106 cm³/mol. The van der Waals surface area contributed by atoms with Crippen LogP contribution in [0.5, 0.6) is 0 Å². The van der Waals surface area contributed by atoms with Crippen molar-refractivity contribution < 1.29 is 14.3 Å². The Labute approximate surface area is 166 Å². The highest BCUT2D eigenvalue weighted by Crippen LogP contribution is 2.23. The third kappa shape index (κ3) is 5.15. The smallest absolute Gasteiger partial charge is 0.358 e. The van der Waals surface area contributed by atoms with Crippen LogP contribution in [0, 0.1) is 0 Å². The molecule has 7 heteroatoms. The van der Waals surface area contributed by atoms with Crippen molar-refractivity contribution >= 4 is 34.8 Å². The first kappa shape index (κ1) is 19.1. The number of rotatable bonds is 6. The minimum atomic E-state index is -0.626. The molecule has 0 aliphatic heterocycles. The van der Waals surface area contributed by atoms with Crippen molar-refractivity contribution in [3.8, 4) is 10.6 Å². The molecular formula is C20H17ClN2O3S. The van der Waals surface area contributed by atoms with E-state index in [4.69, 9.17) is 16.3 Å². The van der Waals surface area contributed by atoms with Crippen LogP contribution < -0.4 is 5.32 Å². The molecule has 1 heterocycles. The van der Waals surface area contributed by atoms with Gasteiger partial charge in [0.2, 0.25) is 0 Å². The van der Waals surface area contributed by atoms with E-state index in [9.17, 15) is 9.59 Å². The second-order valence-electron chi connectivity index (χ2n) is 5.82. The van der Waals surface area contributed by atoms with Crippen LogP contribution in [0.15, 0.2) is 60.0 Å². The molecule has 0 bridgehead atoms. The van der Waals surface area contributed by atoms with Gasteiger partial charge < -0.3 is 10.1 Å². The van der Waals surface area contributed by atoms with Gasteiger partial charge in [0.15, 0.2) is 12.3 Å². The van der Waals surface area contributed by atoms with Gasteiger partial charge in [0.05, 0.1) is 6.04 Å². The molecule has 2 aromatic carbocycles. The standard InChI is InChI=1S/C20H17ClN2O3S/c1-13(15-8-5-9-16(21)10-15)22-18(24)11-26-20(25)17-12-27-19(23-17)14-6-3-2-4-7-14/h2-10,12-13H,11H2,1H3,(H,22,24)/t13-/m1/s1. The number of esters is 1. The van der Waals surface area contributed by atoms with E-state index in [1.165, 1.54) is 11.3 Å². The fourth-order valence-corrected chi connectivity index (χ4v) is 3.42. The molecule has 3 rings (SSSR count). The van der Waals surface area contributed by atoms with Crippen LogP contribution >= 0.6 is 22.9 Å². The highest BCUT2D eigenvalue weighted by molar-refractivity contribution is 7.13. The third-order valence-electron chi connectivity index (χ3n) is 3.79. The highest BCUT2D eigenvalue weighted by Gasteiger charge is 2.16. The Balaban J connectivity index is 1.53. The molecule has 27 heavy (non-hydrogen) atoms. The number of hydrogen-bond donors (Lipinski definition) is 1. The van der Waals surface area contributed by atoms with Gasteiger partial charge in [-0.05, 0) is 24.6 Å². The SMILES string of the molecule is C[C@@H](NC(=O)COC(=O)c1csc(-c2ccccc2)n1)c1cccc(Cl)c1. The number of carbonyl (C=O) groups excluding carboxylic acids is 2. The molecule has 0 aliphatic carbocycles. The minimum absolute atomic E-state index is 0.189. The normalized spacial score (nSPS) is 11.6. The molecule has 0 spiro atoms. The van der Waals surface area contributed by atoms with E-state index in [1.807, 2.05) is 49.4 Å². The van der Waals surface area contributed by atoms with Gasteiger partial charge in [0.25, 0.3) is 5.91 Å². The van der Waals surface area contributed by atoms with E-state index in [0.29, 0.717) is 5.02 Å². The largest absolute Gasteiger partial charge is 0.451 e. The van der Waals surface area contributed by atoms with E-state index in [-0.39, 0.29) is 18.3 Å². The maximum Gasteiger partial charge on any atom is 0.358 e. The van der Waals surface area contributed by atoms with Crippen molar-refractivity contribution in [2.24, 2.45) is 0 Å². The van der Waals surface area contributed by atoms with Crippen molar-refractivity contribution in [3.63, 3.8) is 0 Å². The quantitative estimate of drug-likeness (QED) is 0.618. The van der Waals surface area contributed by atoms with E-state index >= 15 is 0 Å². The number of ether oxygens (including phenoxy) is 1. The Morgan fingerprint density at radius 2 is 1.96 bits per heavy atom. The molecule has 1 atom stereocenters. The first-order valence-corrected chi connectivity index (χ1v) is 9.51. The number of thiazole rings is 1. The Morgan fingerprint density at radius 1 is 1.19 bits per heavy atom. The molecular weight excluding hydrogens is 384 g/mol. The Bertz CT molecular complexity index is 943. The van der Waals surface area contributed by atoms with Gasteiger partial charge in [-0.15, -0.1) is 11.3 Å². The topological polar surface area (TPSA) is 68.3 Å². The molecule has 0 fully saturated rings. The van der Waals surface area contributed by atoms with E-state index < -0.39 is 11.9 Å². The summed E-state index contributed by atoms with van der Waals surface area (Å²) in [6, 6.07) is 16.5. The zero-order valence-electron chi connectivity index (χ0n) is 14.5. The number of nitrogens with zero attached hydrogens (tertiary/aromatic N) is 1. The van der Waals surface area contributed by atoms with Crippen molar-refractivity contribution in [2.45, 2.75) is 13.0 Å². The second kappa shape index (κ2) is 8.79. The van der Waals surface area contributed by atoms with Crippen LogP contribution in [0.25, 0.3) is 10.6 Å². The van der Waals surface area contributed by atoms with E-state index in [0.717, 1.165) is 16.1 Å². The summed E-state index contributed by atoms with van der Waals surface area (Å²) in [5.74, 6) is -1.02. The lowest BCUT2D eigenvalue weighted by Crippen LogP contribution is -2.31. The summed E-state index contributed by atoms with van der Waals surface area (Å²) >= 11 is 7.30. The molecule has 0 saturated heterocycles. The summed E-state index contributed by atoms with van der Waals surface area (Å²) < 4.78 is 5.07. The van der Waals surface area contributed by atoms with Crippen LogP contribution in [0.2, 0.25) is 5.02 Å². The van der Waals surface area contributed by atoms with Crippen LogP contribution in [-0.2, 0) is 9.53 Å². The third-order valence-corrected chi connectivity index (χ3v) is 4.92. The van der Waals surface area contributed by atoms with Crippen molar-refractivity contribution in [1.29, 1.82) is 0 Å². The van der Waals surface area contributed by atoms with Crippen LogP contribution in [0.1, 0.15) is 29.0 Å². The van der Waals surface area contributed by atoms with E-state index in [1.54, 1.807) is 17.5 Å². The Kier molecular flexibility index (Phi) is 6.21. The zero-order chi connectivity index (χ0) is 19.2. The van der Waals surface area contributed by atoms with Crippen molar-refractivity contribution in [1.82, 2.24) is 10.3 Å². The lowest BCUT2D eigenvalue weighted by molar-refractivity contribution is -0.124. The van der Waals surface area contributed by atoms with Crippen LogP contribution in [-0.4, -0.2) is 23.5 Å². The number of nitrogens with one attached hydrogen (secondary N) is 1. The Morgan fingerprint density at radius 3 is 2.70 bits per heavy atom. The number of amides is 1. The molecule has 1 amide bonds. The molecule has 0 radical (unpaired) electrons. The number of benzene rings is 2. The van der Waals surface area contributed by atoms with Crippen LogP contribution in [0.4, 0.5) is 0 Å². The molecule has 0 unspecified atom stereocenters. The van der Waals surface area contributed by atoms with Crippen LogP contribution in [0.3, 0.4) is 0 Å². The van der Waals surface area contributed by atoms with Crippen molar-refractivity contribution in [2.75, 3.05) is 6.61 Å².